The van der Waals surface area contributed by atoms with Gasteiger partial charge in [0.25, 0.3) is 0 Å². The fourth-order valence-corrected chi connectivity index (χ4v) is 3.75. The first-order valence-corrected chi connectivity index (χ1v) is 8.63. The highest BCUT2D eigenvalue weighted by Gasteiger charge is 2.17. The first-order chi connectivity index (χ1) is 11.2. The molecule has 0 N–H and O–H groups in total. The molecule has 2 heterocycles. The summed E-state index contributed by atoms with van der Waals surface area (Å²) in [5.74, 6) is 0. The van der Waals surface area contributed by atoms with Crippen LogP contribution in [-0.2, 0) is 6.54 Å². The molecule has 4 nitrogen and oxygen atoms in total. The van der Waals surface area contributed by atoms with E-state index in [-0.39, 0.29) is 0 Å². The molecule has 0 aliphatic carbocycles. The first kappa shape index (κ1) is 15.4. The number of thiazole rings is 1. The Labute approximate surface area is 142 Å². The van der Waals surface area contributed by atoms with Crippen LogP contribution in [0.5, 0.6) is 0 Å². The highest BCUT2D eigenvalue weighted by atomic mass is 32.1. The van der Waals surface area contributed by atoms with Crippen LogP contribution in [0.4, 0.5) is 10.8 Å². The van der Waals surface area contributed by atoms with Gasteiger partial charge < -0.3 is 4.90 Å². The van der Waals surface area contributed by atoms with Crippen LogP contribution >= 0.6 is 22.7 Å². The van der Waals surface area contributed by atoms with E-state index in [9.17, 15) is 4.79 Å². The van der Waals surface area contributed by atoms with Crippen molar-refractivity contribution in [2.24, 2.45) is 0 Å². The topological polar surface area (TPSA) is 57.0 Å². The van der Waals surface area contributed by atoms with Crippen molar-refractivity contribution in [1.29, 1.82) is 5.26 Å². The van der Waals surface area contributed by atoms with E-state index in [1.165, 1.54) is 16.2 Å². The van der Waals surface area contributed by atoms with Crippen molar-refractivity contribution in [3.8, 4) is 6.07 Å². The van der Waals surface area contributed by atoms with Gasteiger partial charge in [0.2, 0.25) is 0 Å². The lowest BCUT2D eigenvalue weighted by atomic mass is 10.2. The minimum Gasteiger partial charge on any atom is -0.313 e. The fourth-order valence-electron chi connectivity index (χ4n) is 2.16. The van der Waals surface area contributed by atoms with Crippen molar-refractivity contribution < 1.29 is 4.79 Å². The molecule has 0 fully saturated rings. The first-order valence-electron chi connectivity index (χ1n) is 6.94. The average Bonchev–Trinajstić information content (AvgIpc) is 3.22. The highest BCUT2D eigenvalue weighted by Crippen LogP contribution is 2.33. The van der Waals surface area contributed by atoms with Gasteiger partial charge in [-0.15, -0.1) is 22.7 Å². The minimum atomic E-state index is 0.481. The molecular formula is C17H13N3OS2. The summed E-state index contributed by atoms with van der Waals surface area (Å²) >= 11 is 3.18. The second-order valence-electron chi connectivity index (χ2n) is 4.88. The molecule has 2 aromatic heterocycles. The van der Waals surface area contributed by atoms with E-state index in [2.05, 4.69) is 22.0 Å². The zero-order chi connectivity index (χ0) is 16.2. The van der Waals surface area contributed by atoms with E-state index in [1.807, 2.05) is 30.5 Å². The molecule has 0 saturated carbocycles. The second-order valence-corrected chi connectivity index (χ2v) is 7.09. The quantitative estimate of drug-likeness (QED) is 0.641. The van der Waals surface area contributed by atoms with E-state index >= 15 is 0 Å². The second kappa shape index (κ2) is 6.73. The Balaban J connectivity index is 2.01. The van der Waals surface area contributed by atoms with Gasteiger partial charge in [0.15, 0.2) is 11.4 Å². The summed E-state index contributed by atoms with van der Waals surface area (Å²) < 4.78 is 0. The number of hydrogen-bond acceptors (Lipinski definition) is 6. The van der Waals surface area contributed by atoms with Gasteiger partial charge in [-0.3, -0.25) is 4.79 Å². The number of thiophene rings is 1. The van der Waals surface area contributed by atoms with Crippen LogP contribution in [0.2, 0.25) is 0 Å². The van der Waals surface area contributed by atoms with E-state index in [4.69, 9.17) is 5.26 Å². The van der Waals surface area contributed by atoms with Crippen LogP contribution < -0.4 is 4.90 Å². The third kappa shape index (κ3) is 3.31. The van der Waals surface area contributed by atoms with Crippen LogP contribution in [0.25, 0.3) is 0 Å². The largest absolute Gasteiger partial charge is 0.313 e. The SMILES string of the molecule is Cc1sc(N(Cc2cccs2)c2ccc(C#N)cc2)nc1C=O. The van der Waals surface area contributed by atoms with Gasteiger partial charge in [0.05, 0.1) is 18.2 Å². The maximum Gasteiger partial charge on any atom is 0.191 e. The molecule has 3 aromatic rings. The molecule has 0 bridgehead atoms. The zero-order valence-electron chi connectivity index (χ0n) is 12.4. The van der Waals surface area contributed by atoms with Crippen LogP contribution in [0.1, 0.15) is 25.8 Å². The number of aryl methyl sites for hydroxylation is 1. The van der Waals surface area contributed by atoms with E-state index in [0.717, 1.165) is 22.0 Å². The summed E-state index contributed by atoms with van der Waals surface area (Å²) in [5, 5.41) is 11.8. The number of nitrogens with zero attached hydrogens (tertiary/aromatic N) is 3. The number of benzene rings is 1. The van der Waals surface area contributed by atoms with E-state index in [1.54, 1.807) is 23.5 Å². The summed E-state index contributed by atoms with van der Waals surface area (Å²) in [6.07, 6.45) is 0.789. The van der Waals surface area contributed by atoms with Gasteiger partial charge in [-0.05, 0) is 42.6 Å². The molecule has 0 radical (unpaired) electrons. The molecule has 0 saturated heterocycles. The van der Waals surface area contributed by atoms with Crippen LogP contribution in [0.15, 0.2) is 41.8 Å². The molecule has 0 atom stereocenters. The predicted octanol–water partition coefficient (Wildman–Crippen LogP) is 4.54. The zero-order valence-corrected chi connectivity index (χ0v) is 14.0. The molecule has 0 unspecified atom stereocenters. The van der Waals surface area contributed by atoms with Gasteiger partial charge in [0, 0.05) is 15.4 Å². The van der Waals surface area contributed by atoms with Gasteiger partial charge in [-0.2, -0.15) is 5.26 Å². The average molecular weight is 339 g/mol. The monoisotopic (exact) mass is 339 g/mol. The lowest BCUT2D eigenvalue weighted by Gasteiger charge is -2.21. The molecular weight excluding hydrogens is 326 g/mol. The van der Waals surface area contributed by atoms with Crippen molar-refractivity contribution in [1.82, 2.24) is 4.98 Å². The molecule has 0 aliphatic rings. The van der Waals surface area contributed by atoms with Crippen LogP contribution in [0.3, 0.4) is 0 Å². The smallest absolute Gasteiger partial charge is 0.191 e. The third-order valence-electron chi connectivity index (χ3n) is 3.37. The number of anilines is 2. The lowest BCUT2D eigenvalue weighted by molar-refractivity contribution is 0.111. The normalized spacial score (nSPS) is 10.3. The van der Waals surface area contributed by atoms with Crippen molar-refractivity contribution in [3.63, 3.8) is 0 Å². The number of carbonyl (C=O) groups excluding carboxylic acids is 1. The maximum atomic E-state index is 11.1. The molecule has 0 amide bonds. The third-order valence-corrected chi connectivity index (χ3v) is 5.24. The molecule has 0 aliphatic heterocycles. The van der Waals surface area contributed by atoms with Crippen LogP contribution in [-0.4, -0.2) is 11.3 Å². The molecule has 23 heavy (non-hydrogen) atoms. The van der Waals surface area contributed by atoms with Gasteiger partial charge in [-0.25, -0.2) is 4.98 Å². The van der Waals surface area contributed by atoms with Crippen molar-refractivity contribution in [3.05, 3.63) is 62.8 Å². The summed E-state index contributed by atoms with van der Waals surface area (Å²) in [6, 6.07) is 13.6. The molecule has 114 valence electrons. The Morgan fingerprint density at radius 3 is 2.65 bits per heavy atom. The summed E-state index contributed by atoms with van der Waals surface area (Å²) in [6.45, 7) is 2.57. The summed E-state index contributed by atoms with van der Waals surface area (Å²) in [7, 11) is 0. The molecule has 3 rings (SSSR count). The highest BCUT2D eigenvalue weighted by molar-refractivity contribution is 7.16. The number of aldehydes is 1. The molecule has 0 spiro atoms. The lowest BCUT2D eigenvalue weighted by Crippen LogP contribution is -2.15. The maximum absolute atomic E-state index is 11.1. The van der Waals surface area contributed by atoms with E-state index in [0.29, 0.717) is 17.8 Å². The minimum absolute atomic E-state index is 0.481. The van der Waals surface area contributed by atoms with Crippen molar-refractivity contribution >= 4 is 39.8 Å². The Morgan fingerprint density at radius 1 is 1.30 bits per heavy atom. The van der Waals surface area contributed by atoms with Gasteiger partial charge in [-0.1, -0.05) is 6.07 Å². The Bertz CT molecular complexity index is 845. The number of aromatic nitrogens is 1. The Morgan fingerprint density at radius 2 is 2.09 bits per heavy atom. The van der Waals surface area contributed by atoms with Crippen LogP contribution in [0, 0.1) is 18.3 Å². The standard InChI is InChI=1S/C17H13N3OS2/c1-12-16(11-21)19-17(23-12)20(10-15-3-2-8-22-15)14-6-4-13(9-18)5-7-14/h2-8,11H,10H2,1H3. The van der Waals surface area contributed by atoms with E-state index < -0.39 is 0 Å². The number of rotatable bonds is 5. The number of carbonyl (C=O) groups is 1. The predicted molar refractivity (Wildman–Crippen MR) is 93.6 cm³/mol. The van der Waals surface area contributed by atoms with Gasteiger partial charge >= 0.3 is 0 Å². The molecule has 1 aromatic carbocycles. The number of nitriles is 1. The Kier molecular flexibility index (Phi) is 4.51. The number of hydrogen-bond donors (Lipinski definition) is 0. The fraction of sp³-hybridized carbons (Fsp3) is 0.118. The molecule has 6 heteroatoms. The summed E-state index contributed by atoms with van der Waals surface area (Å²) in [4.78, 5) is 19.7. The van der Waals surface area contributed by atoms with Crippen molar-refractivity contribution in [2.45, 2.75) is 13.5 Å². The van der Waals surface area contributed by atoms with Gasteiger partial charge in [0.1, 0.15) is 5.69 Å². The summed E-state index contributed by atoms with van der Waals surface area (Å²) in [5.41, 5.74) is 2.05. The Hall–Kier alpha value is -2.49. The van der Waals surface area contributed by atoms with Crippen molar-refractivity contribution in [2.75, 3.05) is 4.90 Å².